The third-order valence-corrected chi connectivity index (χ3v) is 2.68. The van der Waals surface area contributed by atoms with Crippen molar-refractivity contribution in [3.63, 3.8) is 0 Å². The monoisotopic (exact) mass is 266 g/mol. The first-order chi connectivity index (χ1) is 8.27. The lowest BCUT2D eigenvalue weighted by Gasteiger charge is -2.29. The van der Waals surface area contributed by atoms with Crippen molar-refractivity contribution in [3.8, 4) is 0 Å². The fourth-order valence-electron chi connectivity index (χ4n) is 1.52. The van der Waals surface area contributed by atoms with Gasteiger partial charge in [0.1, 0.15) is 18.3 Å². The molecule has 0 spiro atoms. The molecular weight excluding hydrogens is 248 g/mol. The van der Waals surface area contributed by atoms with Crippen molar-refractivity contribution in [1.82, 2.24) is 0 Å². The molecule has 0 aromatic rings. The summed E-state index contributed by atoms with van der Waals surface area (Å²) in [6.07, 6.45) is -7.45. The van der Waals surface area contributed by atoms with Gasteiger partial charge in [0.15, 0.2) is 0 Å². The summed E-state index contributed by atoms with van der Waals surface area (Å²) in [5.41, 5.74) is 0. The van der Waals surface area contributed by atoms with Gasteiger partial charge < -0.3 is 30.6 Å². The number of aliphatic hydroxyl groups excluding tert-OH is 5. The Labute approximate surface area is 103 Å². The Balaban J connectivity index is 4.83. The summed E-state index contributed by atoms with van der Waals surface area (Å²) in [4.78, 5) is 21.7. The normalized spacial score (nSPS) is 19.7. The van der Waals surface area contributed by atoms with Crippen LogP contribution in [0.3, 0.4) is 0 Å². The van der Waals surface area contributed by atoms with E-state index in [4.69, 9.17) is 15.3 Å². The summed E-state index contributed by atoms with van der Waals surface area (Å²) < 4.78 is 0. The highest BCUT2D eigenvalue weighted by Crippen LogP contribution is 2.17. The van der Waals surface area contributed by atoms with E-state index >= 15 is 0 Å². The highest BCUT2D eigenvalue weighted by molar-refractivity contribution is 6.33. The molecule has 0 aromatic carbocycles. The molecule has 0 saturated carbocycles. The molecule has 0 aliphatic heterocycles. The number of Topliss-reactive ketones (excluding diaryl/α,β-unsaturated/α-hetero) is 1. The predicted molar refractivity (Wildman–Crippen MR) is 57.5 cm³/mol. The Kier molecular flexibility index (Phi) is 6.96. The third kappa shape index (κ3) is 4.00. The number of hydrogen-bond acceptors (Lipinski definition) is 7. The smallest absolute Gasteiger partial charge is 0.372 e. The van der Waals surface area contributed by atoms with Gasteiger partial charge in [0.05, 0.1) is 18.6 Å². The number of carboxylic acids is 1. The van der Waals surface area contributed by atoms with E-state index in [1.807, 2.05) is 0 Å². The van der Waals surface area contributed by atoms with Gasteiger partial charge >= 0.3 is 5.97 Å². The molecule has 0 rings (SSSR count). The van der Waals surface area contributed by atoms with Crippen LogP contribution in [0.1, 0.15) is 13.3 Å². The SMILES string of the molecule is CCC(C(=O)C(=O)O)C(O)[C@H](O)[C@H](O)[C@H](O)CO. The maximum atomic E-state index is 11.2. The molecule has 8 nitrogen and oxygen atoms in total. The Hall–Kier alpha value is -1.06. The van der Waals surface area contributed by atoms with Crippen molar-refractivity contribution in [2.45, 2.75) is 37.8 Å². The quantitative estimate of drug-likeness (QED) is 0.255. The molecule has 0 amide bonds. The van der Waals surface area contributed by atoms with Crippen molar-refractivity contribution >= 4 is 11.8 Å². The molecule has 0 aliphatic rings. The van der Waals surface area contributed by atoms with E-state index in [0.29, 0.717) is 0 Å². The van der Waals surface area contributed by atoms with Gasteiger partial charge in [0, 0.05) is 0 Å². The van der Waals surface area contributed by atoms with Crippen LogP contribution in [-0.4, -0.2) is 73.4 Å². The molecule has 5 atom stereocenters. The lowest BCUT2D eigenvalue weighted by molar-refractivity contribution is -0.159. The molecular formula is C10H18O8. The molecule has 0 heterocycles. The van der Waals surface area contributed by atoms with E-state index in [2.05, 4.69) is 0 Å². The van der Waals surface area contributed by atoms with Crippen LogP contribution >= 0.6 is 0 Å². The number of aliphatic carboxylic acids is 1. The van der Waals surface area contributed by atoms with E-state index in [-0.39, 0.29) is 6.42 Å². The Morgan fingerprint density at radius 1 is 1.00 bits per heavy atom. The maximum Gasteiger partial charge on any atom is 0.372 e. The van der Waals surface area contributed by atoms with Crippen molar-refractivity contribution < 1.29 is 40.2 Å². The Morgan fingerprint density at radius 3 is 1.83 bits per heavy atom. The Bertz CT molecular complexity index is 292. The zero-order valence-corrected chi connectivity index (χ0v) is 9.80. The van der Waals surface area contributed by atoms with Crippen LogP contribution in [0.2, 0.25) is 0 Å². The summed E-state index contributed by atoms with van der Waals surface area (Å²) in [7, 11) is 0. The zero-order valence-electron chi connectivity index (χ0n) is 9.80. The molecule has 18 heavy (non-hydrogen) atoms. The number of rotatable bonds is 8. The van der Waals surface area contributed by atoms with Crippen LogP contribution in [0.25, 0.3) is 0 Å². The second kappa shape index (κ2) is 7.39. The minimum atomic E-state index is -1.94. The molecule has 0 aliphatic carbocycles. The van der Waals surface area contributed by atoms with Gasteiger partial charge in [-0.2, -0.15) is 0 Å². The van der Waals surface area contributed by atoms with Crippen LogP contribution in [0.4, 0.5) is 0 Å². The van der Waals surface area contributed by atoms with E-state index in [1.165, 1.54) is 6.92 Å². The van der Waals surface area contributed by atoms with Crippen molar-refractivity contribution in [2.75, 3.05) is 6.61 Å². The molecule has 6 N–H and O–H groups in total. The number of carboxylic acid groups (broad SMARTS) is 1. The fourth-order valence-corrected chi connectivity index (χ4v) is 1.52. The topological polar surface area (TPSA) is 156 Å². The van der Waals surface area contributed by atoms with Crippen LogP contribution < -0.4 is 0 Å². The molecule has 0 bridgehead atoms. The number of hydrogen-bond donors (Lipinski definition) is 6. The highest BCUT2D eigenvalue weighted by atomic mass is 16.4. The van der Waals surface area contributed by atoms with Gasteiger partial charge in [0.2, 0.25) is 5.78 Å². The lowest BCUT2D eigenvalue weighted by Crippen LogP contribution is -2.50. The first-order valence-electron chi connectivity index (χ1n) is 5.38. The summed E-state index contributed by atoms with van der Waals surface area (Å²) in [6, 6.07) is 0. The minimum Gasteiger partial charge on any atom is -0.475 e. The van der Waals surface area contributed by atoms with E-state index in [1.54, 1.807) is 0 Å². The van der Waals surface area contributed by atoms with Gasteiger partial charge in [-0.25, -0.2) is 4.79 Å². The second-order valence-corrected chi connectivity index (χ2v) is 3.91. The first kappa shape index (κ1) is 16.9. The van der Waals surface area contributed by atoms with Gasteiger partial charge in [-0.1, -0.05) is 6.92 Å². The maximum absolute atomic E-state index is 11.2. The molecule has 0 fully saturated rings. The van der Waals surface area contributed by atoms with Gasteiger partial charge in [-0.05, 0) is 6.42 Å². The van der Waals surface area contributed by atoms with E-state index < -0.39 is 48.7 Å². The molecule has 0 aromatic heterocycles. The second-order valence-electron chi connectivity index (χ2n) is 3.91. The van der Waals surface area contributed by atoms with Crippen LogP contribution in [0.5, 0.6) is 0 Å². The van der Waals surface area contributed by atoms with Crippen molar-refractivity contribution in [3.05, 3.63) is 0 Å². The third-order valence-electron chi connectivity index (χ3n) is 2.68. The molecule has 8 heteroatoms. The van der Waals surface area contributed by atoms with Gasteiger partial charge in [0.25, 0.3) is 0 Å². The molecule has 106 valence electrons. The van der Waals surface area contributed by atoms with Crippen molar-refractivity contribution in [1.29, 1.82) is 0 Å². The standard InChI is InChI=1S/C10H18O8/c1-2-4(7(14)10(17)18)6(13)9(16)8(15)5(12)3-11/h4-6,8-9,11-13,15-16H,2-3H2,1H3,(H,17,18)/t4?,5-,6?,8-,9+/m1/s1. The van der Waals surface area contributed by atoms with Crippen LogP contribution in [0, 0.1) is 5.92 Å². The van der Waals surface area contributed by atoms with Crippen molar-refractivity contribution in [2.24, 2.45) is 5.92 Å². The molecule has 0 saturated heterocycles. The number of carbonyl (C=O) groups is 2. The average molecular weight is 266 g/mol. The fraction of sp³-hybridized carbons (Fsp3) is 0.800. The molecule has 0 radical (unpaired) electrons. The number of aliphatic hydroxyl groups is 5. The van der Waals surface area contributed by atoms with Gasteiger partial charge in [-0.3, -0.25) is 4.79 Å². The largest absolute Gasteiger partial charge is 0.475 e. The minimum absolute atomic E-state index is 0.0642. The van der Waals surface area contributed by atoms with E-state index in [9.17, 15) is 24.9 Å². The molecule has 2 unspecified atom stereocenters. The average Bonchev–Trinajstić information content (AvgIpc) is 2.36. The summed E-state index contributed by atoms with van der Waals surface area (Å²) >= 11 is 0. The lowest BCUT2D eigenvalue weighted by atomic mass is 9.88. The highest BCUT2D eigenvalue weighted by Gasteiger charge is 2.38. The first-order valence-corrected chi connectivity index (χ1v) is 5.38. The predicted octanol–water partition coefficient (Wildman–Crippen LogP) is -2.90. The van der Waals surface area contributed by atoms with Crippen LogP contribution in [-0.2, 0) is 9.59 Å². The summed E-state index contributed by atoms with van der Waals surface area (Å²) in [5.74, 6) is -4.46. The number of ketones is 1. The summed E-state index contributed by atoms with van der Waals surface area (Å²) in [6.45, 7) is 0.574. The van der Waals surface area contributed by atoms with E-state index in [0.717, 1.165) is 0 Å². The zero-order chi connectivity index (χ0) is 14.5. The van der Waals surface area contributed by atoms with Gasteiger partial charge in [-0.15, -0.1) is 0 Å². The Morgan fingerprint density at radius 2 is 1.50 bits per heavy atom. The van der Waals surface area contributed by atoms with Crippen LogP contribution in [0.15, 0.2) is 0 Å². The number of carbonyl (C=O) groups excluding carboxylic acids is 1. The summed E-state index contributed by atoms with van der Waals surface area (Å²) in [5, 5.41) is 54.6.